The monoisotopic (exact) mass is 445 g/mol. The Labute approximate surface area is 175 Å². The summed E-state index contributed by atoms with van der Waals surface area (Å²) in [6, 6.07) is 6.33. The Kier molecular flexibility index (Phi) is 5.25. The SMILES string of the molecule is CC(C)(C)NC(=O)O[C@H]1CCN(c2c3c(nc4ccc(Br)cc24)CCCC3)C1. The molecule has 1 saturated heterocycles. The van der Waals surface area contributed by atoms with Gasteiger partial charge < -0.3 is 15.0 Å². The lowest BCUT2D eigenvalue weighted by atomic mass is 9.92. The molecule has 1 aliphatic heterocycles. The number of hydrogen-bond acceptors (Lipinski definition) is 4. The fourth-order valence-corrected chi connectivity index (χ4v) is 4.61. The lowest BCUT2D eigenvalue weighted by Crippen LogP contribution is -2.42. The van der Waals surface area contributed by atoms with E-state index in [1.807, 2.05) is 20.8 Å². The molecule has 0 unspecified atom stereocenters. The molecule has 1 atom stereocenters. The molecule has 2 heterocycles. The third-order valence-corrected chi connectivity index (χ3v) is 5.90. The molecule has 0 radical (unpaired) electrons. The molecule has 1 amide bonds. The fraction of sp³-hybridized carbons (Fsp3) is 0.545. The first-order chi connectivity index (χ1) is 13.3. The van der Waals surface area contributed by atoms with Crippen molar-refractivity contribution in [1.29, 1.82) is 0 Å². The average molecular weight is 446 g/mol. The number of nitrogens with zero attached hydrogens (tertiary/aromatic N) is 2. The first kappa shape index (κ1) is 19.5. The minimum absolute atomic E-state index is 0.0861. The van der Waals surface area contributed by atoms with Gasteiger partial charge in [-0.3, -0.25) is 4.98 Å². The summed E-state index contributed by atoms with van der Waals surface area (Å²) in [6.45, 7) is 7.51. The number of carbonyl (C=O) groups is 1. The number of aryl methyl sites for hydroxylation is 1. The molecule has 0 spiro atoms. The van der Waals surface area contributed by atoms with E-state index in [2.05, 4.69) is 44.3 Å². The van der Waals surface area contributed by atoms with E-state index in [0.29, 0.717) is 0 Å². The molecule has 2 aliphatic rings. The average Bonchev–Trinajstić information content (AvgIpc) is 3.05. The number of ether oxygens (including phenoxy) is 1. The number of alkyl carbamates (subject to hydrolysis) is 1. The highest BCUT2D eigenvalue weighted by atomic mass is 79.9. The van der Waals surface area contributed by atoms with Gasteiger partial charge in [-0.25, -0.2) is 4.79 Å². The van der Waals surface area contributed by atoms with E-state index in [4.69, 9.17) is 9.72 Å². The quantitative estimate of drug-likeness (QED) is 0.707. The summed E-state index contributed by atoms with van der Waals surface area (Å²) >= 11 is 3.62. The fourth-order valence-electron chi connectivity index (χ4n) is 4.25. The van der Waals surface area contributed by atoms with Crippen LogP contribution in [0.1, 0.15) is 51.3 Å². The number of rotatable bonds is 2. The summed E-state index contributed by atoms with van der Waals surface area (Å²) in [5.41, 5.74) is 4.68. The van der Waals surface area contributed by atoms with Crippen LogP contribution in [0.5, 0.6) is 0 Å². The topological polar surface area (TPSA) is 54.5 Å². The zero-order chi connectivity index (χ0) is 19.9. The minimum Gasteiger partial charge on any atom is -0.444 e. The summed E-state index contributed by atoms with van der Waals surface area (Å²) in [7, 11) is 0. The number of nitrogens with one attached hydrogen (secondary N) is 1. The van der Waals surface area contributed by atoms with Gasteiger partial charge >= 0.3 is 6.09 Å². The van der Waals surface area contributed by atoms with Gasteiger partial charge in [-0.15, -0.1) is 0 Å². The summed E-state index contributed by atoms with van der Waals surface area (Å²) in [5.74, 6) is 0. The maximum absolute atomic E-state index is 12.2. The highest BCUT2D eigenvalue weighted by Gasteiger charge is 2.31. The van der Waals surface area contributed by atoms with Crippen LogP contribution in [0, 0.1) is 0 Å². The van der Waals surface area contributed by atoms with E-state index < -0.39 is 0 Å². The van der Waals surface area contributed by atoms with Crippen molar-refractivity contribution >= 4 is 38.6 Å². The van der Waals surface area contributed by atoms with Crippen molar-refractivity contribution in [3.8, 4) is 0 Å². The third kappa shape index (κ3) is 4.12. The standard InChI is InChI=1S/C22H28BrN3O2/c1-22(2,3)25-21(27)28-15-10-11-26(13-15)20-16-6-4-5-7-18(16)24-19-9-8-14(23)12-17(19)20/h8-9,12,15H,4-7,10-11,13H2,1-3H3,(H,25,27)/t15-/m0/s1. The van der Waals surface area contributed by atoms with Gasteiger partial charge in [-0.1, -0.05) is 15.9 Å². The first-order valence-corrected chi connectivity index (χ1v) is 10.9. The Morgan fingerprint density at radius 3 is 2.86 bits per heavy atom. The highest BCUT2D eigenvalue weighted by molar-refractivity contribution is 9.10. The number of benzene rings is 1. The van der Waals surface area contributed by atoms with Crippen LogP contribution in [0.25, 0.3) is 10.9 Å². The molecular formula is C22H28BrN3O2. The lowest BCUT2D eigenvalue weighted by Gasteiger charge is -2.28. The molecule has 1 fully saturated rings. The Morgan fingerprint density at radius 1 is 1.29 bits per heavy atom. The van der Waals surface area contributed by atoms with Gasteiger partial charge in [0.1, 0.15) is 6.10 Å². The zero-order valence-corrected chi connectivity index (χ0v) is 18.4. The van der Waals surface area contributed by atoms with E-state index >= 15 is 0 Å². The second-order valence-electron chi connectivity index (χ2n) is 8.89. The Bertz CT molecular complexity index is 907. The van der Waals surface area contributed by atoms with Crippen LogP contribution in [0.4, 0.5) is 10.5 Å². The second-order valence-corrected chi connectivity index (χ2v) is 9.81. The van der Waals surface area contributed by atoms with Crippen LogP contribution in [-0.4, -0.2) is 35.8 Å². The Hall–Kier alpha value is -1.82. The number of aromatic nitrogens is 1. The van der Waals surface area contributed by atoms with Gasteiger partial charge in [-0.05, 0) is 70.2 Å². The van der Waals surface area contributed by atoms with Crippen molar-refractivity contribution in [2.75, 3.05) is 18.0 Å². The van der Waals surface area contributed by atoms with Crippen molar-refractivity contribution in [2.45, 2.75) is 64.5 Å². The van der Waals surface area contributed by atoms with Crippen LogP contribution in [0.2, 0.25) is 0 Å². The van der Waals surface area contributed by atoms with E-state index in [-0.39, 0.29) is 17.7 Å². The summed E-state index contributed by atoms with van der Waals surface area (Å²) in [4.78, 5) is 19.5. The number of halogens is 1. The maximum Gasteiger partial charge on any atom is 0.407 e. The summed E-state index contributed by atoms with van der Waals surface area (Å²) in [6.07, 6.45) is 4.98. The number of fused-ring (bicyclic) bond motifs is 2. The normalized spacial score (nSPS) is 19.6. The van der Waals surface area contributed by atoms with Gasteiger partial charge in [0, 0.05) is 34.1 Å². The van der Waals surface area contributed by atoms with Gasteiger partial charge in [0.25, 0.3) is 0 Å². The second kappa shape index (κ2) is 7.54. The molecule has 4 rings (SSSR count). The van der Waals surface area contributed by atoms with E-state index in [9.17, 15) is 4.79 Å². The van der Waals surface area contributed by atoms with Crippen molar-refractivity contribution in [3.63, 3.8) is 0 Å². The van der Waals surface area contributed by atoms with Gasteiger partial charge in [-0.2, -0.15) is 0 Å². The Balaban J connectivity index is 1.62. The van der Waals surface area contributed by atoms with Crippen molar-refractivity contribution in [2.24, 2.45) is 0 Å². The smallest absolute Gasteiger partial charge is 0.407 e. The van der Waals surface area contributed by atoms with Crippen LogP contribution >= 0.6 is 15.9 Å². The van der Waals surface area contributed by atoms with E-state index in [0.717, 1.165) is 42.3 Å². The zero-order valence-electron chi connectivity index (χ0n) is 16.8. The predicted octanol–water partition coefficient (Wildman–Crippen LogP) is 4.98. The number of anilines is 1. The van der Waals surface area contributed by atoms with Crippen LogP contribution < -0.4 is 10.2 Å². The van der Waals surface area contributed by atoms with Gasteiger partial charge in [0.05, 0.1) is 17.7 Å². The molecule has 1 aromatic carbocycles. The molecule has 6 heteroatoms. The predicted molar refractivity (Wildman–Crippen MR) is 116 cm³/mol. The highest BCUT2D eigenvalue weighted by Crippen LogP contribution is 2.38. The molecule has 1 aromatic heterocycles. The van der Waals surface area contributed by atoms with Crippen LogP contribution in [0.15, 0.2) is 22.7 Å². The number of carbonyl (C=O) groups excluding carboxylic acids is 1. The molecule has 0 saturated carbocycles. The third-order valence-electron chi connectivity index (χ3n) is 5.41. The van der Waals surface area contributed by atoms with Crippen LogP contribution in [0.3, 0.4) is 0 Å². The molecule has 1 aliphatic carbocycles. The molecule has 0 bridgehead atoms. The molecule has 1 N–H and O–H groups in total. The van der Waals surface area contributed by atoms with Gasteiger partial charge in [0.2, 0.25) is 0 Å². The lowest BCUT2D eigenvalue weighted by molar-refractivity contribution is 0.101. The first-order valence-electron chi connectivity index (χ1n) is 10.1. The van der Waals surface area contributed by atoms with Crippen LogP contribution in [-0.2, 0) is 17.6 Å². The van der Waals surface area contributed by atoms with Crippen molar-refractivity contribution in [3.05, 3.63) is 33.9 Å². The minimum atomic E-state index is -0.330. The molecule has 2 aromatic rings. The molecular weight excluding hydrogens is 418 g/mol. The number of pyridine rings is 1. The Morgan fingerprint density at radius 2 is 2.07 bits per heavy atom. The van der Waals surface area contributed by atoms with Gasteiger partial charge in [0.15, 0.2) is 0 Å². The molecule has 5 nitrogen and oxygen atoms in total. The number of hydrogen-bond donors (Lipinski definition) is 1. The van der Waals surface area contributed by atoms with Crippen molar-refractivity contribution in [1.82, 2.24) is 10.3 Å². The molecule has 28 heavy (non-hydrogen) atoms. The summed E-state index contributed by atoms with van der Waals surface area (Å²) < 4.78 is 6.77. The maximum atomic E-state index is 12.2. The number of amides is 1. The van der Waals surface area contributed by atoms with E-state index in [1.54, 1.807) is 0 Å². The largest absolute Gasteiger partial charge is 0.444 e. The van der Waals surface area contributed by atoms with E-state index in [1.165, 1.54) is 35.2 Å². The summed E-state index contributed by atoms with van der Waals surface area (Å²) in [5, 5.41) is 4.08. The van der Waals surface area contributed by atoms with Crippen molar-refractivity contribution < 1.29 is 9.53 Å². The molecule has 150 valence electrons.